The van der Waals surface area contributed by atoms with Crippen molar-refractivity contribution in [3.05, 3.63) is 5.15 Å². The van der Waals surface area contributed by atoms with Crippen molar-refractivity contribution in [1.82, 2.24) is 25.0 Å². The van der Waals surface area contributed by atoms with Gasteiger partial charge < -0.3 is 9.84 Å². The van der Waals surface area contributed by atoms with E-state index in [2.05, 4.69) is 34.1 Å². The second kappa shape index (κ2) is 7.95. The van der Waals surface area contributed by atoms with E-state index in [4.69, 9.17) is 21.4 Å². The largest absolute Gasteiger partial charge is 0.394 e. The highest BCUT2D eigenvalue weighted by atomic mass is 35.5. The average molecular weight is 372 g/mol. The zero-order valence-electron chi connectivity index (χ0n) is 13.9. The Morgan fingerprint density at radius 1 is 1.38 bits per heavy atom. The molecule has 0 aromatic carbocycles. The number of aliphatic hydroxyl groups excluding tert-OH is 1. The van der Waals surface area contributed by atoms with Crippen molar-refractivity contribution in [3.63, 3.8) is 0 Å². The summed E-state index contributed by atoms with van der Waals surface area (Å²) >= 11 is 7.84. The molecule has 0 spiro atoms. The fourth-order valence-corrected chi connectivity index (χ4v) is 4.04. The molecule has 9 heteroatoms. The minimum absolute atomic E-state index is 0.0426. The van der Waals surface area contributed by atoms with E-state index in [1.807, 2.05) is 4.68 Å². The van der Waals surface area contributed by atoms with Gasteiger partial charge >= 0.3 is 0 Å². The second-order valence-corrected chi connectivity index (χ2v) is 7.51. The number of aromatic nitrogens is 5. The van der Waals surface area contributed by atoms with Crippen LogP contribution >= 0.6 is 23.4 Å². The van der Waals surface area contributed by atoms with Crippen molar-refractivity contribution in [1.29, 1.82) is 0 Å². The van der Waals surface area contributed by atoms with Gasteiger partial charge in [-0.05, 0) is 25.2 Å². The molecule has 24 heavy (non-hydrogen) atoms. The molecule has 0 amide bonds. The molecule has 2 aromatic rings. The van der Waals surface area contributed by atoms with E-state index in [0.29, 0.717) is 34.0 Å². The Morgan fingerprint density at radius 3 is 2.96 bits per heavy atom. The number of ether oxygens (including phenoxy) is 1. The molecule has 1 saturated carbocycles. The minimum Gasteiger partial charge on any atom is -0.394 e. The van der Waals surface area contributed by atoms with Crippen LogP contribution in [0.5, 0.6) is 0 Å². The molecule has 1 aliphatic rings. The molecule has 0 aliphatic heterocycles. The van der Waals surface area contributed by atoms with Crippen molar-refractivity contribution in [3.8, 4) is 0 Å². The Balaban J connectivity index is 1.85. The highest BCUT2D eigenvalue weighted by Gasteiger charge is 2.35. The lowest BCUT2D eigenvalue weighted by molar-refractivity contribution is 0.0107. The number of halogens is 1. The van der Waals surface area contributed by atoms with Gasteiger partial charge in [-0.2, -0.15) is 0 Å². The van der Waals surface area contributed by atoms with Crippen molar-refractivity contribution in [2.45, 2.75) is 50.4 Å². The Hall–Kier alpha value is -0.960. The van der Waals surface area contributed by atoms with E-state index in [1.165, 1.54) is 0 Å². The third kappa shape index (κ3) is 3.66. The Morgan fingerprint density at radius 2 is 2.21 bits per heavy atom. The van der Waals surface area contributed by atoms with Crippen LogP contribution in [0.25, 0.3) is 11.2 Å². The van der Waals surface area contributed by atoms with Crippen LogP contribution in [-0.2, 0) is 4.74 Å². The maximum atomic E-state index is 8.95. The van der Waals surface area contributed by atoms with E-state index in [9.17, 15) is 0 Å². The number of fused-ring (bicyclic) bond motifs is 1. The molecule has 3 rings (SSSR count). The fourth-order valence-electron chi connectivity index (χ4n) is 3.10. The Kier molecular flexibility index (Phi) is 5.91. The van der Waals surface area contributed by atoms with E-state index in [-0.39, 0.29) is 18.8 Å². The first-order valence-electron chi connectivity index (χ1n) is 8.27. The highest BCUT2D eigenvalue weighted by molar-refractivity contribution is 7.99. The summed E-state index contributed by atoms with van der Waals surface area (Å²) in [7, 11) is 0. The van der Waals surface area contributed by atoms with Crippen molar-refractivity contribution in [2.75, 3.05) is 19.0 Å². The maximum absolute atomic E-state index is 8.95. The predicted molar refractivity (Wildman–Crippen MR) is 93.4 cm³/mol. The van der Waals surface area contributed by atoms with Gasteiger partial charge in [0.05, 0.1) is 25.4 Å². The number of thioether (sulfide) groups is 1. The van der Waals surface area contributed by atoms with Gasteiger partial charge in [0.1, 0.15) is 0 Å². The number of nitrogens with zero attached hydrogens (tertiary/aromatic N) is 5. The van der Waals surface area contributed by atoms with Gasteiger partial charge in [-0.25, -0.2) is 14.6 Å². The third-order valence-corrected chi connectivity index (χ3v) is 5.56. The Bertz CT molecular complexity index is 698. The standard InChI is InChI=1S/C15H22ClN5O2S/c1-3-6-24-15-17-13(16)12-14(18-15)21(20-19-12)10-7-9(2)11(8-10)23-5-4-22/h9-11,22H,3-8H2,1-2H3/t9?,10-,11-/m0/s1. The molecule has 1 fully saturated rings. The lowest BCUT2D eigenvalue weighted by Crippen LogP contribution is -2.18. The predicted octanol–water partition coefficient (Wildman–Crippen LogP) is 2.73. The topological polar surface area (TPSA) is 86.0 Å². The lowest BCUT2D eigenvalue weighted by atomic mass is 10.1. The molecule has 1 N–H and O–H groups in total. The third-order valence-electron chi connectivity index (χ3n) is 4.25. The van der Waals surface area contributed by atoms with Crippen molar-refractivity contribution in [2.24, 2.45) is 5.92 Å². The van der Waals surface area contributed by atoms with E-state index in [1.54, 1.807) is 11.8 Å². The SMILES string of the molecule is CCCSc1nc(Cl)c2nnn([C@H]3CC(C)[C@@H](OCCO)C3)c2n1. The minimum atomic E-state index is 0.0426. The van der Waals surface area contributed by atoms with Gasteiger partial charge in [0, 0.05) is 5.75 Å². The molecule has 132 valence electrons. The summed E-state index contributed by atoms with van der Waals surface area (Å²) in [5.74, 6) is 1.34. The zero-order chi connectivity index (χ0) is 17.1. The molecule has 0 saturated heterocycles. The van der Waals surface area contributed by atoms with Gasteiger partial charge in [0.15, 0.2) is 21.5 Å². The molecule has 1 aliphatic carbocycles. The molecule has 0 bridgehead atoms. The Labute approximate surface area is 150 Å². The highest BCUT2D eigenvalue weighted by Crippen LogP contribution is 2.37. The second-order valence-electron chi connectivity index (χ2n) is 6.09. The monoisotopic (exact) mass is 371 g/mol. The summed E-state index contributed by atoms with van der Waals surface area (Å²) in [6, 6.07) is 0.170. The van der Waals surface area contributed by atoms with Crippen LogP contribution in [-0.4, -0.2) is 55.1 Å². The molecule has 2 heterocycles. The van der Waals surface area contributed by atoms with Crippen LogP contribution in [0, 0.1) is 5.92 Å². The zero-order valence-corrected chi connectivity index (χ0v) is 15.4. The maximum Gasteiger partial charge on any atom is 0.191 e. The smallest absolute Gasteiger partial charge is 0.191 e. The number of hydrogen-bond acceptors (Lipinski definition) is 7. The summed E-state index contributed by atoms with van der Waals surface area (Å²) in [5.41, 5.74) is 1.23. The summed E-state index contributed by atoms with van der Waals surface area (Å²) in [6.45, 7) is 4.68. The summed E-state index contributed by atoms with van der Waals surface area (Å²) in [6.07, 6.45) is 2.94. The lowest BCUT2D eigenvalue weighted by Gasteiger charge is -2.15. The average Bonchev–Trinajstić information content (AvgIpc) is 3.14. The number of hydrogen-bond donors (Lipinski definition) is 1. The van der Waals surface area contributed by atoms with Crippen LogP contribution in [0.1, 0.15) is 39.2 Å². The molecule has 3 atom stereocenters. The van der Waals surface area contributed by atoms with Crippen molar-refractivity contribution < 1.29 is 9.84 Å². The number of rotatable bonds is 7. The molecular weight excluding hydrogens is 350 g/mol. The van der Waals surface area contributed by atoms with Crippen LogP contribution in [0.4, 0.5) is 0 Å². The van der Waals surface area contributed by atoms with E-state index >= 15 is 0 Å². The van der Waals surface area contributed by atoms with Gasteiger partial charge in [0.2, 0.25) is 0 Å². The van der Waals surface area contributed by atoms with Gasteiger partial charge in [0.25, 0.3) is 0 Å². The number of aliphatic hydroxyl groups is 1. The first-order valence-corrected chi connectivity index (χ1v) is 9.64. The van der Waals surface area contributed by atoms with Crippen LogP contribution in [0.3, 0.4) is 0 Å². The molecule has 0 radical (unpaired) electrons. The summed E-state index contributed by atoms with van der Waals surface area (Å²) < 4.78 is 7.59. The first kappa shape index (κ1) is 17.8. The van der Waals surface area contributed by atoms with E-state index in [0.717, 1.165) is 25.0 Å². The quantitative estimate of drug-likeness (QED) is 0.455. The fraction of sp³-hybridized carbons (Fsp3) is 0.733. The van der Waals surface area contributed by atoms with Crippen LogP contribution in [0.15, 0.2) is 5.16 Å². The normalized spacial score (nSPS) is 24.1. The van der Waals surface area contributed by atoms with Crippen LogP contribution in [0.2, 0.25) is 5.15 Å². The molecular formula is C15H22ClN5O2S. The molecule has 1 unspecified atom stereocenters. The summed E-state index contributed by atoms with van der Waals surface area (Å²) in [5, 5.41) is 18.4. The van der Waals surface area contributed by atoms with Gasteiger partial charge in [-0.1, -0.05) is 42.4 Å². The first-order chi connectivity index (χ1) is 11.6. The van der Waals surface area contributed by atoms with E-state index < -0.39 is 0 Å². The molecule has 7 nitrogen and oxygen atoms in total. The van der Waals surface area contributed by atoms with Crippen molar-refractivity contribution >= 4 is 34.5 Å². The van der Waals surface area contributed by atoms with Gasteiger partial charge in [-0.3, -0.25) is 0 Å². The van der Waals surface area contributed by atoms with Gasteiger partial charge in [-0.15, -0.1) is 5.10 Å². The summed E-state index contributed by atoms with van der Waals surface area (Å²) in [4.78, 5) is 8.91. The van der Waals surface area contributed by atoms with Crippen LogP contribution < -0.4 is 0 Å². The molecule has 2 aromatic heterocycles.